The number of hydrogen-bond acceptors (Lipinski definition) is 4. The molecule has 0 bridgehead atoms. The molecule has 1 aliphatic carbocycles. The van der Waals surface area contributed by atoms with Crippen molar-refractivity contribution in [3.8, 4) is 0 Å². The molecule has 1 heterocycles. The summed E-state index contributed by atoms with van der Waals surface area (Å²) in [5.74, 6) is 0.691. The highest BCUT2D eigenvalue weighted by atomic mass is 16.5. The predicted octanol–water partition coefficient (Wildman–Crippen LogP) is 5.08. The first kappa shape index (κ1) is 20.6. The van der Waals surface area contributed by atoms with Gasteiger partial charge in [0.05, 0.1) is 19.9 Å². The van der Waals surface area contributed by atoms with E-state index in [9.17, 15) is 0 Å². The zero-order valence-electron chi connectivity index (χ0n) is 18.5. The largest absolute Gasteiger partial charge is 0.382 e. The van der Waals surface area contributed by atoms with Gasteiger partial charge in [0.2, 0.25) is 0 Å². The molecule has 2 fully saturated rings. The number of rotatable bonds is 7. The summed E-state index contributed by atoms with van der Waals surface area (Å²) >= 11 is 0. The Morgan fingerprint density at radius 3 is 2.62 bits per heavy atom. The Kier molecular flexibility index (Phi) is 6.14. The molecule has 2 aromatic carbocycles. The SMILES string of the molecule is COCCOCN1CC2(C)CCCCC2C1c1ccc(N(C)C)c2ccccc12. The van der Waals surface area contributed by atoms with Crippen molar-refractivity contribution in [2.45, 2.75) is 38.6 Å². The Labute approximate surface area is 175 Å². The highest BCUT2D eigenvalue weighted by Crippen LogP contribution is 2.56. The van der Waals surface area contributed by atoms with Gasteiger partial charge in [0, 0.05) is 44.9 Å². The van der Waals surface area contributed by atoms with E-state index in [1.54, 1.807) is 7.11 Å². The molecule has 29 heavy (non-hydrogen) atoms. The van der Waals surface area contributed by atoms with Crippen LogP contribution in [0.25, 0.3) is 10.8 Å². The second kappa shape index (κ2) is 8.63. The molecule has 1 aliphatic heterocycles. The van der Waals surface area contributed by atoms with Crippen molar-refractivity contribution < 1.29 is 9.47 Å². The van der Waals surface area contributed by atoms with Gasteiger partial charge in [-0.2, -0.15) is 0 Å². The maximum atomic E-state index is 6.03. The van der Waals surface area contributed by atoms with Crippen LogP contribution in [0.4, 0.5) is 5.69 Å². The molecule has 0 aromatic heterocycles. The molecule has 3 atom stereocenters. The maximum Gasteiger partial charge on any atom is 0.0996 e. The lowest BCUT2D eigenvalue weighted by atomic mass is 9.66. The minimum atomic E-state index is 0.384. The number of anilines is 1. The fraction of sp³-hybridized carbons (Fsp3) is 0.600. The van der Waals surface area contributed by atoms with Crippen molar-refractivity contribution in [2.75, 3.05) is 52.6 Å². The van der Waals surface area contributed by atoms with Gasteiger partial charge in [-0.15, -0.1) is 0 Å². The lowest BCUT2D eigenvalue weighted by Gasteiger charge is -2.38. The van der Waals surface area contributed by atoms with E-state index in [1.165, 1.54) is 47.7 Å². The standard InChI is InChI=1S/C25H36N2O2/c1-25-14-8-7-11-22(25)24(27(17-25)18-29-16-15-28-4)21-12-13-23(26(2)3)20-10-6-5-9-19(20)21/h5-6,9-10,12-13,22,24H,7-8,11,14-18H2,1-4H3. The van der Waals surface area contributed by atoms with Gasteiger partial charge in [-0.1, -0.05) is 50.1 Å². The first-order valence-corrected chi connectivity index (χ1v) is 11.0. The number of hydrogen-bond donors (Lipinski definition) is 0. The summed E-state index contributed by atoms with van der Waals surface area (Å²) in [6, 6.07) is 14.0. The average molecular weight is 397 g/mol. The zero-order chi connectivity index (χ0) is 20.4. The van der Waals surface area contributed by atoms with Crippen molar-refractivity contribution >= 4 is 16.5 Å². The smallest absolute Gasteiger partial charge is 0.0996 e. The minimum Gasteiger partial charge on any atom is -0.382 e. The van der Waals surface area contributed by atoms with Gasteiger partial charge in [0.25, 0.3) is 0 Å². The van der Waals surface area contributed by atoms with Gasteiger partial charge >= 0.3 is 0 Å². The van der Waals surface area contributed by atoms with Crippen molar-refractivity contribution in [1.82, 2.24) is 4.90 Å². The van der Waals surface area contributed by atoms with Gasteiger partial charge < -0.3 is 14.4 Å². The van der Waals surface area contributed by atoms with Crippen LogP contribution in [0.1, 0.15) is 44.2 Å². The van der Waals surface area contributed by atoms with E-state index < -0.39 is 0 Å². The minimum absolute atomic E-state index is 0.384. The van der Waals surface area contributed by atoms with Gasteiger partial charge in [0.15, 0.2) is 0 Å². The van der Waals surface area contributed by atoms with Crippen LogP contribution in [-0.2, 0) is 9.47 Å². The van der Waals surface area contributed by atoms with Crippen LogP contribution in [-0.4, -0.2) is 52.6 Å². The molecule has 4 rings (SSSR count). The van der Waals surface area contributed by atoms with Gasteiger partial charge in [-0.25, -0.2) is 0 Å². The summed E-state index contributed by atoms with van der Waals surface area (Å²) in [6.45, 7) is 5.62. The molecular formula is C25H36N2O2. The lowest BCUT2D eigenvalue weighted by Crippen LogP contribution is -2.30. The first-order chi connectivity index (χ1) is 14.0. The quantitative estimate of drug-likeness (QED) is 0.610. The summed E-state index contributed by atoms with van der Waals surface area (Å²) in [6.07, 6.45) is 5.36. The number of likely N-dealkylation sites (tertiary alicyclic amines) is 1. The molecule has 1 saturated carbocycles. The van der Waals surface area contributed by atoms with E-state index in [0.29, 0.717) is 37.3 Å². The molecule has 0 radical (unpaired) electrons. The summed E-state index contributed by atoms with van der Waals surface area (Å²) < 4.78 is 11.2. The van der Waals surface area contributed by atoms with Crippen LogP contribution in [0.5, 0.6) is 0 Å². The maximum absolute atomic E-state index is 6.03. The van der Waals surface area contributed by atoms with E-state index in [0.717, 1.165) is 6.54 Å². The third-order valence-electron chi connectivity index (χ3n) is 7.17. The highest BCUT2D eigenvalue weighted by Gasteiger charge is 2.51. The molecule has 0 spiro atoms. The molecular weight excluding hydrogens is 360 g/mol. The molecule has 3 unspecified atom stereocenters. The monoisotopic (exact) mass is 396 g/mol. The Morgan fingerprint density at radius 2 is 1.86 bits per heavy atom. The molecule has 0 N–H and O–H groups in total. The normalized spacial score (nSPS) is 27.3. The molecule has 4 nitrogen and oxygen atoms in total. The predicted molar refractivity (Wildman–Crippen MR) is 120 cm³/mol. The van der Waals surface area contributed by atoms with Gasteiger partial charge in [0.1, 0.15) is 0 Å². The van der Waals surface area contributed by atoms with E-state index >= 15 is 0 Å². The zero-order valence-corrected chi connectivity index (χ0v) is 18.5. The van der Waals surface area contributed by atoms with Gasteiger partial charge in [-0.3, -0.25) is 4.90 Å². The molecule has 4 heteroatoms. The molecule has 158 valence electrons. The topological polar surface area (TPSA) is 24.9 Å². The van der Waals surface area contributed by atoms with Crippen molar-refractivity contribution in [2.24, 2.45) is 11.3 Å². The summed E-state index contributed by atoms with van der Waals surface area (Å²) in [7, 11) is 5.99. The number of nitrogens with zero attached hydrogens (tertiary/aromatic N) is 2. The average Bonchev–Trinajstić information content (AvgIpc) is 3.02. The Bertz CT molecular complexity index is 837. The number of fused-ring (bicyclic) bond motifs is 2. The Balaban J connectivity index is 1.74. The van der Waals surface area contributed by atoms with E-state index in [4.69, 9.17) is 9.47 Å². The number of methoxy groups -OCH3 is 1. The second-order valence-electron chi connectivity index (χ2n) is 9.34. The van der Waals surface area contributed by atoms with Crippen LogP contribution >= 0.6 is 0 Å². The fourth-order valence-corrected chi connectivity index (χ4v) is 5.80. The first-order valence-electron chi connectivity index (χ1n) is 11.0. The van der Waals surface area contributed by atoms with Crippen LogP contribution in [0, 0.1) is 11.3 Å². The van der Waals surface area contributed by atoms with Crippen molar-refractivity contribution in [1.29, 1.82) is 0 Å². The van der Waals surface area contributed by atoms with Crippen LogP contribution in [0.2, 0.25) is 0 Å². The van der Waals surface area contributed by atoms with E-state index in [-0.39, 0.29) is 0 Å². The lowest BCUT2D eigenvalue weighted by molar-refractivity contribution is -0.00665. The molecule has 2 aliphatic rings. The number of ether oxygens (including phenoxy) is 2. The van der Waals surface area contributed by atoms with Gasteiger partial charge in [-0.05, 0) is 41.2 Å². The van der Waals surface area contributed by atoms with E-state index in [1.807, 2.05) is 0 Å². The van der Waals surface area contributed by atoms with Crippen molar-refractivity contribution in [3.63, 3.8) is 0 Å². The Morgan fingerprint density at radius 1 is 1.07 bits per heavy atom. The molecule has 2 aromatic rings. The number of benzene rings is 2. The van der Waals surface area contributed by atoms with Crippen LogP contribution < -0.4 is 4.90 Å². The second-order valence-corrected chi connectivity index (χ2v) is 9.34. The fourth-order valence-electron chi connectivity index (χ4n) is 5.80. The Hall–Kier alpha value is -1.62. The van der Waals surface area contributed by atoms with Crippen molar-refractivity contribution in [3.05, 3.63) is 42.0 Å². The van der Waals surface area contributed by atoms with E-state index in [2.05, 4.69) is 67.2 Å². The van der Waals surface area contributed by atoms with Crippen LogP contribution in [0.3, 0.4) is 0 Å². The summed E-state index contributed by atoms with van der Waals surface area (Å²) in [4.78, 5) is 4.82. The third-order valence-corrected chi connectivity index (χ3v) is 7.17. The third kappa shape index (κ3) is 3.90. The molecule has 1 saturated heterocycles. The molecule has 0 amide bonds. The summed E-state index contributed by atoms with van der Waals surface area (Å²) in [5, 5.41) is 2.74. The highest BCUT2D eigenvalue weighted by molar-refractivity contribution is 5.96. The van der Waals surface area contributed by atoms with Crippen LogP contribution in [0.15, 0.2) is 36.4 Å². The summed E-state index contributed by atoms with van der Waals surface area (Å²) in [5.41, 5.74) is 3.14.